The topological polar surface area (TPSA) is 115 Å². The lowest BCUT2D eigenvalue weighted by molar-refractivity contribution is -0.139. The molecule has 0 spiro atoms. The number of urea groups is 1. The van der Waals surface area contributed by atoms with E-state index in [0.29, 0.717) is 49.9 Å². The summed E-state index contributed by atoms with van der Waals surface area (Å²) in [5, 5.41) is 5.51. The molecule has 0 saturated carbocycles. The van der Waals surface area contributed by atoms with Crippen LogP contribution in [-0.4, -0.2) is 65.3 Å². The molecular weight excluding hydrogens is 438 g/mol. The van der Waals surface area contributed by atoms with Crippen LogP contribution in [0, 0.1) is 0 Å². The van der Waals surface area contributed by atoms with E-state index in [9.17, 15) is 14.4 Å². The van der Waals surface area contributed by atoms with Gasteiger partial charge in [0.05, 0.1) is 31.1 Å². The zero-order valence-electron chi connectivity index (χ0n) is 18.7. The van der Waals surface area contributed by atoms with Gasteiger partial charge in [-0.15, -0.1) is 0 Å². The van der Waals surface area contributed by atoms with E-state index in [1.165, 1.54) is 0 Å². The minimum Gasteiger partial charge on any atom is -0.463 e. The fourth-order valence-corrected chi connectivity index (χ4v) is 4.19. The molecule has 2 aliphatic rings. The Morgan fingerprint density at radius 2 is 2.00 bits per heavy atom. The number of unbranched alkanes of at least 4 members (excludes halogenated alkanes) is 1. The number of nitrogens with zero attached hydrogens (tertiary/aromatic N) is 3. The molecule has 3 amide bonds. The van der Waals surface area contributed by atoms with Crippen molar-refractivity contribution < 1.29 is 23.9 Å². The van der Waals surface area contributed by atoms with Gasteiger partial charge in [-0.2, -0.15) is 0 Å². The second-order valence-electron chi connectivity index (χ2n) is 7.68. The fraction of sp³-hybridized carbons (Fsp3) is 0.619. The molecule has 10 nitrogen and oxygen atoms in total. The third-order valence-corrected chi connectivity index (χ3v) is 5.77. The number of rotatable bonds is 8. The van der Waals surface area contributed by atoms with Gasteiger partial charge in [0.25, 0.3) is 0 Å². The zero-order valence-corrected chi connectivity index (χ0v) is 19.5. The minimum absolute atomic E-state index is 0.00303. The molecule has 2 aliphatic heterocycles. The van der Waals surface area contributed by atoms with Crippen molar-refractivity contribution in [2.75, 3.05) is 32.9 Å². The number of carbonyl (C=O) groups is 3. The minimum atomic E-state index is -0.893. The summed E-state index contributed by atoms with van der Waals surface area (Å²) in [6.07, 6.45) is 2.41. The summed E-state index contributed by atoms with van der Waals surface area (Å²) in [6, 6.07) is -1.37. The number of hydrogen-bond acceptors (Lipinski definition) is 6. The molecule has 0 bridgehead atoms. The molecule has 1 aromatic rings. The Morgan fingerprint density at radius 3 is 2.66 bits per heavy atom. The summed E-state index contributed by atoms with van der Waals surface area (Å²) in [5.41, 5.74) is 1.00. The molecule has 0 aliphatic carbocycles. The van der Waals surface area contributed by atoms with Crippen molar-refractivity contribution >= 4 is 29.5 Å². The van der Waals surface area contributed by atoms with E-state index in [-0.39, 0.29) is 29.8 Å². The second kappa shape index (κ2) is 10.8. The van der Waals surface area contributed by atoms with E-state index in [4.69, 9.17) is 21.1 Å². The first-order valence-corrected chi connectivity index (χ1v) is 11.3. The van der Waals surface area contributed by atoms with Crippen LogP contribution in [-0.2, 0) is 32.0 Å². The number of nitrogens with one attached hydrogen (secondary N) is 2. The van der Waals surface area contributed by atoms with Gasteiger partial charge >= 0.3 is 12.0 Å². The van der Waals surface area contributed by atoms with Gasteiger partial charge in [0.2, 0.25) is 5.91 Å². The highest BCUT2D eigenvalue weighted by atomic mass is 35.5. The number of imidazole rings is 1. The van der Waals surface area contributed by atoms with Gasteiger partial charge in [-0.05, 0) is 20.3 Å². The highest BCUT2D eigenvalue weighted by Gasteiger charge is 2.37. The average molecular weight is 468 g/mol. The Balaban J connectivity index is 2.04. The standard InChI is InChI=1S/C21H30ClN5O5/c1-4-6-7-14-24-19(22)18(27(14)12-15(28)26-8-10-31-11-9-26)17-16(20(29)32-5-2)13(3)23-21(30)25-17/h17H,4-12H2,1-3H3,(H2,23,25,30). The smallest absolute Gasteiger partial charge is 0.338 e. The van der Waals surface area contributed by atoms with Crippen molar-refractivity contribution in [3.05, 3.63) is 27.9 Å². The monoisotopic (exact) mass is 467 g/mol. The van der Waals surface area contributed by atoms with Crippen LogP contribution in [0.1, 0.15) is 51.2 Å². The molecule has 1 fully saturated rings. The van der Waals surface area contributed by atoms with Crippen molar-refractivity contribution in [2.45, 2.75) is 52.6 Å². The van der Waals surface area contributed by atoms with Crippen LogP contribution in [0.15, 0.2) is 11.3 Å². The van der Waals surface area contributed by atoms with Crippen LogP contribution in [0.2, 0.25) is 5.15 Å². The molecule has 0 radical (unpaired) electrons. The predicted molar refractivity (Wildman–Crippen MR) is 117 cm³/mol. The van der Waals surface area contributed by atoms with E-state index >= 15 is 0 Å². The third kappa shape index (κ3) is 5.24. The van der Waals surface area contributed by atoms with Gasteiger partial charge in [0, 0.05) is 25.2 Å². The van der Waals surface area contributed by atoms with Gasteiger partial charge in [-0.25, -0.2) is 14.6 Å². The van der Waals surface area contributed by atoms with E-state index in [0.717, 1.165) is 12.8 Å². The number of amides is 3. The molecule has 3 heterocycles. The quantitative estimate of drug-likeness (QED) is 0.564. The maximum absolute atomic E-state index is 13.1. The van der Waals surface area contributed by atoms with Gasteiger partial charge in [-0.3, -0.25) is 4.79 Å². The number of hydrogen-bond donors (Lipinski definition) is 2. The van der Waals surface area contributed by atoms with E-state index < -0.39 is 18.0 Å². The summed E-state index contributed by atoms with van der Waals surface area (Å²) in [7, 11) is 0. The summed E-state index contributed by atoms with van der Waals surface area (Å²) in [4.78, 5) is 44.3. The number of aromatic nitrogens is 2. The van der Waals surface area contributed by atoms with Crippen LogP contribution >= 0.6 is 11.6 Å². The first-order valence-electron chi connectivity index (χ1n) is 10.9. The lowest BCUT2D eigenvalue weighted by atomic mass is 10.00. The van der Waals surface area contributed by atoms with Crippen molar-refractivity contribution in [2.24, 2.45) is 0 Å². The van der Waals surface area contributed by atoms with Crippen LogP contribution < -0.4 is 10.6 Å². The van der Waals surface area contributed by atoms with Gasteiger partial charge in [0.1, 0.15) is 18.4 Å². The summed E-state index contributed by atoms with van der Waals surface area (Å²) in [5.74, 6) is -0.0250. The number of ether oxygens (including phenoxy) is 2. The summed E-state index contributed by atoms with van der Waals surface area (Å²) >= 11 is 6.55. The molecule has 3 rings (SSSR count). The Kier molecular flexibility index (Phi) is 8.14. The number of esters is 1. The predicted octanol–water partition coefficient (Wildman–Crippen LogP) is 1.93. The van der Waals surface area contributed by atoms with E-state index in [1.54, 1.807) is 23.3 Å². The van der Waals surface area contributed by atoms with Gasteiger partial charge < -0.3 is 29.6 Å². The highest BCUT2D eigenvalue weighted by Crippen LogP contribution is 2.33. The highest BCUT2D eigenvalue weighted by molar-refractivity contribution is 6.30. The molecule has 1 atom stereocenters. The number of allylic oxidation sites excluding steroid dienone is 1. The molecule has 11 heteroatoms. The third-order valence-electron chi connectivity index (χ3n) is 5.49. The molecule has 32 heavy (non-hydrogen) atoms. The lowest BCUT2D eigenvalue weighted by Crippen LogP contribution is -2.46. The number of halogens is 1. The molecule has 1 aromatic heterocycles. The summed E-state index contributed by atoms with van der Waals surface area (Å²) in [6.45, 7) is 7.59. The van der Waals surface area contributed by atoms with Crippen molar-refractivity contribution in [1.82, 2.24) is 25.1 Å². The van der Waals surface area contributed by atoms with Gasteiger partial charge in [0.15, 0.2) is 5.15 Å². The zero-order chi connectivity index (χ0) is 23.3. The molecular formula is C21H30ClN5O5. The summed E-state index contributed by atoms with van der Waals surface area (Å²) < 4.78 is 12.3. The van der Waals surface area contributed by atoms with Crippen molar-refractivity contribution in [3.63, 3.8) is 0 Å². The molecule has 1 unspecified atom stereocenters. The Bertz CT molecular complexity index is 907. The van der Waals surface area contributed by atoms with Crippen LogP contribution in [0.3, 0.4) is 0 Å². The molecule has 176 valence electrons. The average Bonchev–Trinajstić information content (AvgIpc) is 3.06. The van der Waals surface area contributed by atoms with E-state index in [1.807, 2.05) is 0 Å². The van der Waals surface area contributed by atoms with Crippen LogP contribution in [0.25, 0.3) is 0 Å². The maximum Gasteiger partial charge on any atom is 0.338 e. The first kappa shape index (κ1) is 24.1. The second-order valence-corrected chi connectivity index (χ2v) is 8.04. The van der Waals surface area contributed by atoms with Crippen molar-refractivity contribution in [3.8, 4) is 0 Å². The molecule has 1 saturated heterocycles. The Labute approximate surface area is 192 Å². The maximum atomic E-state index is 13.1. The fourth-order valence-electron chi connectivity index (χ4n) is 3.88. The Morgan fingerprint density at radius 1 is 1.28 bits per heavy atom. The van der Waals surface area contributed by atoms with Gasteiger partial charge in [-0.1, -0.05) is 24.9 Å². The first-order chi connectivity index (χ1) is 15.4. The number of morpholine rings is 1. The van der Waals surface area contributed by atoms with E-state index in [2.05, 4.69) is 22.5 Å². The number of carbonyl (C=O) groups excluding carboxylic acids is 3. The SMILES string of the molecule is CCCCc1nc(Cl)c(C2NC(=O)NC(C)=C2C(=O)OCC)n1CC(=O)N1CCOCC1. The van der Waals surface area contributed by atoms with Crippen LogP contribution in [0.4, 0.5) is 4.79 Å². The molecule has 0 aromatic carbocycles. The largest absolute Gasteiger partial charge is 0.463 e. The lowest BCUT2D eigenvalue weighted by Gasteiger charge is -2.30. The Hall–Kier alpha value is -2.59. The van der Waals surface area contributed by atoms with Crippen molar-refractivity contribution in [1.29, 1.82) is 0 Å². The van der Waals surface area contributed by atoms with Crippen LogP contribution in [0.5, 0.6) is 0 Å². The number of aryl methyl sites for hydroxylation is 1. The molecule has 2 N–H and O–H groups in total. The normalized spacial score (nSPS) is 18.9.